The van der Waals surface area contributed by atoms with Crippen molar-refractivity contribution >= 4 is 22.7 Å². The summed E-state index contributed by atoms with van der Waals surface area (Å²) in [7, 11) is 0. The molecular weight excluding hydrogens is 308 g/mol. The maximum absolute atomic E-state index is 4.83. The van der Waals surface area contributed by atoms with Gasteiger partial charge in [-0.15, -0.1) is 0 Å². The third-order valence-electron chi connectivity index (χ3n) is 5.82. The van der Waals surface area contributed by atoms with Crippen molar-refractivity contribution in [3.63, 3.8) is 0 Å². The maximum Gasteiger partial charge on any atom is 0.225 e. The third-order valence-corrected chi connectivity index (χ3v) is 5.82. The summed E-state index contributed by atoms with van der Waals surface area (Å²) in [5, 5.41) is 8.30. The fourth-order valence-corrected chi connectivity index (χ4v) is 4.00. The van der Waals surface area contributed by atoms with E-state index in [2.05, 4.69) is 41.8 Å². The summed E-state index contributed by atoms with van der Waals surface area (Å²) in [6, 6.07) is 8.80. The van der Waals surface area contributed by atoms with E-state index >= 15 is 0 Å². The molecule has 4 nitrogen and oxygen atoms in total. The van der Waals surface area contributed by atoms with Gasteiger partial charge in [0.15, 0.2) is 0 Å². The van der Waals surface area contributed by atoms with E-state index in [-0.39, 0.29) is 0 Å². The number of hydrogen-bond donors (Lipinski definition) is 2. The molecular formula is C21H30N4. The predicted octanol–water partition coefficient (Wildman–Crippen LogP) is 5.22. The molecule has 0 unspecified atom stereocenters. The van der Waals surface area contributed by atoms with Gasteiger partial charge in [0.05, 0.1) is 5.52 Å². The maximum atomic E-state index is 4.83. The number of hydrogen-bond acceptors (Lipinski definition) is 4. The van der Waals surface area contributed by atoms with Crippen molar-refractivity contribution < 1.29 is 0 Å². The Labute approximate surface area is 150 Å². The van der Waals surface area contributed by atoms with Crippen LogP contribution in [-0.4, -0.2) is 22.6 Å². The molecule has 2 fully saturated rings. The number of benzene rings is 1. The molecule has 1 heterocycles. The molecule has 2 aromatic rings. The minimum Gasteiger partial charge on any atom is -0.367 e. The lowest BCUT2D eigenvalue weighted by Crippen LogP contribution is -2.20. The SMILES string of the molecule is C[C@@H](Nc1nc(NCC2CCCCCC2)nc2ccccc12)C1CC1. The lowest BCUT2D eigenvalue weighted by Gasteiger charge is -2.18. The van der Waals surface area contributed by atoms with Crippen LogP contribution in [0.25, 0.3) is 10.9 Å². The average Bonchev–Trinajstić information content (AvgIpc) is 3.47. The van der Waals surface area contributed by atoms with E-state index in [9.17, 15) is 0 Å². The van der Waals surface area contributed by atoms with E-state index in [4.69, 9.17) is 9.97 Å². The van der Waals surface area contributed by atoms with Crippen LogP contribution in [0.15, 0.2) is 24.3 Å². The van der Waals surface area contributed by atoms with E-state index in [1.807, 2.05) is 0 Å². The molecule has 1 aromatic carbocycles. The van der Waals surface area contributed by atoms with Crippen LogP contribution >= 0.6 is 0 Å². The number of rotatable bonds is 6. The zero-order valence-electron chi connectivity index (χ0n) is 15.3. The highest BCUT2D eigenvalue weighted by atomic mass is 15.1. The van der Waals surface area contributed by atoms with Gasteiger partial charge in [-0.3, -0.25) is 0 Å². The Morgan fingerprint density at radius 1 is 1.00 bits per heavy atom. The van der Waals surface area contributed by atoms with Crippen LogP contribution in [0.4, 0.5) is 11.8 Å². The van der Waals surface area contributed by atoms with Crippen LogP contribution in [0.1, 0.15) is 58.3 Å². The fraction of sp³-hybridized carbons (Fsp3) is 0.619. The quantitative estimate of drug-likeness (QED) is 0.709. The second-order valence-corrected chi connectivity index (χ2v) is 7.92. The van der Waals surface area contributed by atoms with Gasteiger partial charge in [0, 0.05) is 18.0 Å². The molecule has 0 amide bonds. The van der Waals surface area contributed by atoms with E-state index in [0.29, 0.717) is 6.04 Å². The number of nitrogens with zero attached hydrogens (tertiary/aromatic N) is 2. The number of nitrogens with one attached hydrogen (secondary N) is 2. The summed E-state index contributed by atoms with van der Waals surface area (Å²) in [6.45, 7) is 3.27. The van der Waals surface area contributed by atoms with Gasteiger partial charge in [-0.1, -0.05) is 37.8 Å². The highest BCUT2D eigenvalue weighted by Gasteiger charge is 2.28. The molecule has 0 radical (unpaired) electrons. The summed E-state index contributed by atoms with van der Waals surface area (Å²) >= 11 is 0. The van der Waals surface area contributed by atoms with Gasteiger partial charge in [-0.05, 0) is 56.6 Å². The molecule has 0 spiro atoms. The second-order valence-electron chi connectivity index (χ2n) is 7.92. The van der Waals surface area contributed by atoms with Crippen LogP contribution in [0.3, 0.4) is 0 Å². The molecule has 0 aliphatic heterocycles. The Balaban J connectivity index is 1.51. The first-order chi connectivity index (χ1) is 12.3. The van der Waals surface area contributed by atoms with Gasteiger partial charge in [-0.25, -0.2) is 4.98 Å². The lowest BCUT2D eigenvalue weighted by atomic mass is 10.0. The van der Waals surface area contributed by atoms with Crippen molar-refractivity contribution in [2.24, 2.45) is 11.8 Å². The Morgan fingerprint density at radius 3 is 2.52 bits per heavy atom. The minimum atomic E-state index is 0.480. The molecule has 2 aliphatic carbocycles. The first-order valence-electron chi connectivity index (χ1n) is 10.1. The highest BCUT2D eigenvalue weighted by molar-refractivity contribution is 5.90. The molecule has 2 saturated carbocycles. The molecule has 25 heavy (non-hydrogen) atoms. The van der Waals surface area contributed by atoms with Crippen LogP contribution in [0.5, 0.6) is 0 Å². The number of fused-ring (bicyclic) bond motifs is 1. The first-order valence-corrected chi connectivity index (χ1v) is 10.1. The Hall–Kier alpha value is -1.84. The van der Waals surface area contributed by atoms with Crippen LogP contribution in [0, 0.1) is 11.8 Å². The molecule has 1 atom stereocenters. The van der Waals surface area contributed by atoms with Gasteiger partial charge < -0.3 is 10.6 Å². The molecule has 1 aromatic heterocycles. The third kappa shape index (κ3) is 4.23. The van der Waals surface area contributed by atoms with Gasteiger partial charge in [-0.2, -0.15) is 4.98 Å². The van der Waals surface area contributed by atoms with Gasteiger partial charge >= 0.3 is 0 Å². The molecule has 0 saturated heterocycles. The number of para-hydroxylation sites is 1. The molecule has 4 rings (SSSR count). The lowest BCUT2D eigenvalue weighted by molar-refractivity contribution is 0.482. The molecule has 134 valence electrons. The van der Waals surface area contributed by atoms with Crippen LogP contribution in [-0.2, 0) is 0 Å². The standard InChI is InChI=1S/C21H30N4/c1-15(17-12-13-17)23-20-18-10-6-7-11-19(18)24-21(25-20)22-14-16-8-4-2-3-5-9-16/h6-7,10-11,15-17H,2-5,8-9,12-14H2,1H3,(H2,22,23,24,25)/t15-/m1/s1. The number of aromatic nitrogens is 2. The normalized spacial score (nSPS) is 20.2. The van der Waals surface area contributed by atoms with Crippen molar-refractivity contribution in [1.29, 1.82) is 0 Å². The number of anilines is 2. The van der Waals surface area contributed by atoms with E-state index < -0.39 is 0 Å². The van der Waals surface area contributed by atoms with Gasteiger partial charge in [0.25, 0.3) is 0 Å². The zero-order chi connectivity index (χ0) is 17.1. The highest BCUT2D eigenvalue weighted by Crippen LogP contribution is 2.35. The first kappa shape index (κ1) is 16.6. The summed E-state index contributed by atoms with van der Waals surface area (Å²) < 4.78 is 0. The monoisotopic (exact) mass is 338 g/mol. The average molecular weight is 338 g/mol. The second kappa shape index (κ2) is 7.59. The summed E-state index contributed by atoms with van der Waals surface area (Å²) in [6.07, 6.45) is 10.9. The summed E-state index contributed by atoms with van der Waals surface area (Å²) in [5.74, 6) is 3.32. The van der Waals surface area contributed by atoms with Gasteiger partial charge in [0.2, 0.25) is 5.95 Å². The Kier molecular flexibility index (Phi) is 5.04. The van der Waals surface area contributed by atoms with Crippen molar-refractivity contribution in [2.45, 2.75) is 64.3 Å². The predicted molar refractivity (Wildman–Crippen MR) is 105 cm³/mol. The molecule has 0 bridgehead atoms. The Morgan fingerprint density at radius 2 is 1.76 bits per heavy atom. The molecule has 2 aliphatic rings. The zero-order valence-corrected chi connectivity index (χ0v) is 15.3. The largest absolute Gasteiger partial charge is 0.367 e. The fourth-order valence-electron chi connectivity index (χ4n) is 4.00. The van der Waals surface area contributed by atoms with E-state index in [1.54, 1.807) is 0 Å². The van der Waals surface area contributed by atoms with Crippen molar-refractivity contribution in [2.75, 3.05) is 17.2 Å². The smallest absolute Gasteiger partial charge is 0.225 e. The van der Waals surface area contributed by atoms with Crippen LogP contribution in [0.2, 0.25) is 0 Å². The van der Waals surface area contributed by atoms with Crippen molar-refractivity contribution in [3.05, 3.63) is 24.3 Å². The minimum absolute atomic E-state index is 0.480. The Bertz CT molecular complexity index is 702. The van der Waals surface area contributed by atoms with Crippen LogP contribution < -0.4 is 10.6 Å². The van der Waals surface area contributed by atoms with E-state index in [1.165, 1.54) is 51.4 Å². The van der Waals surface area contributed by atoms with Gasteiger partial charge in [0.1, 0.15) is 5.82 Å². The van der Waals surface area contributed by atoms with Crippen molar-refractivity contribution in [1.82, 2.24) is 9.97 Å². The summed E-state index contributed by atoms with van der Waals surface area (Å²) in [4.78, 5) is 9.57. The summed E-state index contributed by atoms with van der Waals surface area (Å²) in [5.41, 5.74) is 1.02. The molecule has 2 N–H and O–H groups in total. The van der Waals surface area contributed by atoms with E-state index in [0.717, 1.165) is 41.0 Å². The van der Waals surface area contributed by atoms with Crippen molar-refractivity contribution in [3.8, 4) is 0 Å². The molecule has 4 heteroatoms. The topological polar surface area (TPSA) is 49.8 Å².